The lowest BCUT2D eigenvalue weighted by Gasteiger charge is -2.15. The third-order valence-electron chi connectivity index (χ3n) is 2.87. The van der Waals surface area contributed by atoms with Crippen LogP contribution in [0, 0.1) is 0 Å². The van der Waals surface area contributed by atoms with Crippen LogP contribution in [0.1, 0.15) is 32.4 Å². The molecular weight excluding hydrogens is 244 g/mol. The predicted octanol–water partition coefficient (Wildman–Crippen LogP) is 1.30. The molecule has 2 aromatic heterocycles. The molecule has 0 saturated heterocycles. The summed E-state index contributed by atoms with van der Waals surface area (Å²) in [6, 6.07) is 1.61. The quantitative estimate of drug-likeness (QED) is 0.868. The van der Waals surface area contributed by atoms with Crippen LogP contribution in [-0.2, 0) is 6.61 Å². The Labute approximate surface area is 111 Å². The van der Waals surface area contributed by atoms with Gasteiger partial charge in [-0.15, -0.1) is 0 Å². The van der Waals surface area contributed by atoms with Gasteiger partial charge in [0.25, 0.3) is 5.56 Å². The molecule has 0 fully saturated rings. The highest BCUT2D eigenvalue weighted by Crippen LogP contribution is 2.16. The minimum Gasteiger partial charge on any atom is -0.391 e. The van der Waals surface area contributed by atoms with E-state index >= 15 is 0 Å². The predicted molar refractivity (Wildman–Crippen MR) is 74.3 cm³/mol. The second-order valence-electron chi connectivity index (χ2n) is 4.60. The lowest BCUT2D eigenvalue weighted by atomic mass is 10.2. The molecule has 0 radical (unpaired) electrons. The molecule has 102 valence electrons. The van der Waals surface area contributed by atoms with Crippen molar-refractivity contribution in [1.29, 1.82) is 0 Å². The standard InChI is InChI=1S/C13H18N4O2/c1-4-14-13-15-6-9-5-10(7-18)12(19)17(8(2)3)11(9)16-13/h5-6,8,18H,4,7H2,1-3H3,(H,14,15,16). The fourth-order valence-electron chi connectivity index (χ4n) is 2.01. The van der Waals surface area contributed by atoms with Crippen molar-refractivity contribution in [2.75, 3.05) is 11.9 Å². The van der Waals surface area contributed by atoms with Crippen LogP contribution in [0.4, 0.5) is 5.95 Å². The van der Waals surface area contributed by atoms with Gasteiger partial charge in [0, 0.05) is 29.7 Å². The minimum atomic E-state index is -0.281. The average Bonchev–Trinajstić information content (AvgIpc) is 2.37. The Bertz CT molecular complexity index is 649. The van der Waals surface area contributed by atoms with E-state index in [1.807, 2.05) is 20.8 Å². The number of hydrogen-bond acceptors (Lipinski definition) is 5. The Kier molecular flexibility index (Phi) is 3.80. The summed E-state index contributed by atoms with van der Waals surface area (Å²) in [7, 11) is 0. The summed E-state index contributed by atoms with van der Waals surface area (Å²) in [5.74, 6) is 0.501. The zero-order valence-corrected chi connectivity index (χ0v) is 11.3. The largest absolute Gasteiger partial charge is 0.391 e. The number of nitrogens with zero attached hydrogens (tertiary/aromatic N) is 3. The van der Waals surface area contributed by atoms with Gasteiger partial charge in [0.2, 0.25) is 5.95 Å². The first-order chi connectivity index (χ1) is 9.08. The highest BCUT2D eigenvalue weighted by Gasteiger charge is 2.13. The summed E-state index contributed by atoms with van der Waals surface area (Å²) < 4.78 is 1.59. The topological polar surface area (TPSA) is 80.0 Å². The summed E-state index contributed by atoms with van der Waals surface area (Å²) in [4.78, 5) is 20.8. The van der Waals surface area contributed by atoms with Crippen molar-refractivity contribution < 1.29 is 5.11 Å². The van der Waals surface area contributed by atoms with Gasteiger partial charge in [0.05, 0.1) is 6.61 Å². The first kappa shape index (κ1) is 13.5. The molecule has 2 heterocycles. The maximum atomic E-state index is 12.2. The van der Waals surface area contributed by atoms with Crippen molar-refractivity contribution in [3.63, 3.8) is 0 Å². The van der Waals surface area contributed by atoms with Crippen LogP contribution >= 0.6 is 0 Å². The van der Waals surface area contributed by atoms with Crippen LogP contribution in [0.5, 0.6) is 0 Å². The number of rotatable bonds is 4. The second kappa shape index (κ2) is 5.36. The van der Waals surface area contributed by atoms with Gasteiger partial charge in [-0.25, -0.2) is 4.98 Å². The zero-order valence-electron chi connectivity index (χ0n) is 11.3. The van der Waals surface area contributed by atoms with Gasteiger partial charge in [-0.1, -0.05) is 0 Å². The van der Waals surface area contributed by atoms with E-state index in [9.17, 15) is 9.90 Å². The van der Waals surface area contributed by atoms with E-state index < -0.39 is 0 Å². The van der Waals surface area contributed by atoms with E-state index in [1.54, 1.807) is 16.8 Å². The highest BCUT2D eigenvalue weighted by atomic mass is 16.3. The van der Waals surface area contributed by atoms with Gasteiger partial charge in [-0.2, -0.15) is 4.98 Å². The minimum absolute atomic E-state index is 0.0362. The van der Waals surface area contributed by atoms with E-state index in [0.717, 1.165) is 5.39 Å². The van der Waals surface area contributed by atoms with Gasteiger partial charge in [0.1, 0.15) is 5.65 Å². The maximum Gasteiger partial charge on any atom is 0.257 e. The van der Waals surface area contributed by atoms with Crippen molar-refractivity contribution in [2.45, 2.75) is 33.4 Å². The van der Waals surface area contributed by atoms with Gasteiger partial charge in [-0.3, -0.25) is 9.36 Å². The van der Waals surface area contributed by atoms with Crippen molar-refractivity contribution in [3.05, 3.63) is 28.2 Å². The van der Waals surface area contributed by atoms with E-state index in [0.29, 0.717) is 23.7 Å². The van der Waals surface area contributed by atoms with Crippen LogP contribution in [-0.4, -0.2) is 26.2 Å². The van der Waals surface area contributed by atoms with Crippen LogP contribution in [0.25, 0.3) is 11.0 Å². The molecule has 2 aromatic rings. The van der Waals surface area contributed by atoms with Crippen LogP contribution in [0.15, 0.2) is 17.1 Å². The molecular formula is C13H18N4O2. The van der Waals surface area contributed by atoms with Crippen molar-refractivity contribution in [3.8, 4) is 0 Å². The number of hydrogen-bond donors (Lipinski definition) is 2. The Morgan fingerprint density at radius 2 is 2.21 bits per heavy atom. The molecule has 0 atom stereocenters. The smallest absolute Gasteiger partial charge is 0.257 e. The maximum absolute atomic E-state index is 12.2. The number of nitrogens with one attached hydrogen (secondary N) is 1. The molecule has 6 heteroatoms. The monoisotopic (exact) mass is 262 g/mol. The van der Waals surface area contributed by atoms with Gasteiger partial charge < -0.3 is 10.4 Å². The summed E-state index contributed by atoms with van der Waals surface area (Å²) in [6.07, 6.45) is 1.66. The highest BCUT2D eigenvalue weighted by molar-refractivity contribution is 5.76. The molecule has 19 heavy (non-hydrogen) atoms. The van der Waals surface area contributed by atoms with E-state index in [2.05, 4.69) is 15.3 Å². The molecule has 0 bridgehead atoms. The van der Waals surface area contributed by atoms with Crippen LogP contribution < -0.4 is 10.9 Å². The lowest BCUT2D eigenvalue weighted by molar-refractivity contribution is 0.279. The number of aliphatic hydroxyl groups excluding tert-OH is 1. The summed E-state index contributed by atoms with van der Waals surface area (Å²) in [5.41, 5.74) is 0.746. The number of fused-ring (bicyclic) bond motifs is 1. The average molecular weight is 262 g/mol. The third-order valence-corrected chi connectivity index (χ3v) is 2.87. The van der Waals surface area contributed by atoms with Crippen molar-refractivity contribution >= 4 is 17.0 Å². The third kappa shape index (κ3) is 2.44. The Morgan fingerprint density at radius 1 is 1.47 bits per heavy atom. The molecule has 0 unspecified atom stereocenters. The number of aliphatic hydroxyl groups is 1. The van der Waals surface area contributed by atoms with E-state index in [1.165, 1.54) is 0 Å². The molecule has 0 aliphatic rings. The molecule has 6 nitrogen and oxygen atoms in total. The number of aromatic nitrogens is 3. The fourth-order valence-corrected chi connectivity index (χ4v) is 2.01. The Balaban J connectivity index is 2.78. The molecule has 0 aliphatic heterocycles. The number of pyridine rings is 1. The van der Waals surface area contributed by atoms with E-state index in [-0.39, 0.29) is 18.2 Å². The lowest BCUT2D eigenvalue weighted by Crippen LogP contribution is -2.26. The first-order valence-corrected chi connectivity index (χ1v) is 6.34. The fraction of sp³-hybridized carbons (Fsp3) is 0.462. The molecule has 0 amide bonds. The first-order valence-electron chi connectivity index (χ1n) is 6.34. The van der Waals surface area contributed by atoms with Crippen LogP contribution in [0.3, 0.4) is 0 Å². The molecule has 2 rings (SSSR count). The molecule has 0 saturated carbocycles. The summed E-state index contributed by atoms with van der Waals surface area (Å²) >= 11 is 0. The normalized spacial score (nSPS) is 11.2. The van der Waals surface area contributed by atoms with E-state index in [4.69, 9.17) is 0 Å². The van der Waals surface area contributed by atoms with Crippen molar-refractivity contribution in [2.24, 2.45) is 0 Å². The van der Waals surface area contributed by atoms with Gasteiger partial charge in [0.15, 0.2) is 0 Å². The molecule has 0 aromatic carbocycles. The Hall–Kier alpha value is -1.95. The summed E-state index contributed by atoms with van der Waals surface area (Å²) in [5, 5.41) is 13.0. The van der Waals surface area contributed by atoms with Crippen LogP contribution in [0.2, 0.25) is 0 Å². The van der Waals surface area contributed by atoms with Gasteiger partial charge >= 0.3 is 0 Å². The SMILES string of the molecule is CCNc1ncc2cc(CO)c(=O)n(C(C)C)c2n1. The van der Waals surface area contributed by atoms with Crippen molar-refractivity contribution in [1.82, 2.24) is 14.5 Å². The molecule has 0 spiro atoms. The zero-order chi connectivity index (χ0) is 14.0. The molecule has 0 aliphatic carbocycles. The van der Waals surface area contributed by atoms with Gasteiger partial charge in [-0.05, 0) is 26.8 Å². The molecule has 2 N–H and O–H groups in total. The Morgan fingerprint density at radius 3 is 2.79 bits per heavy atom. The number of anilines is 1. The second-order valence-corrected chi connectivity index (χ2v) is 4.60. The summed E-state index contributed by atoms with van der Waals surface area (Å²) in [6.45, 7) is 6.22.